The van der Waals surface area contributed by atoms with Crippen LogP contribution in [0.3, 0.4) is 0 Å². The number of carbonyl (C=O) groups is 1. The molecule has 1 saturated heterocycles. The molecule has 0 aromatic heterocycles. The molecule has 0 saturated carbocycles. The molecule has 0 aliphatic carbocycles. The van der Waals surface area contributed by atoms with Gasteiger partial charge < -0.3 is 15.2 Å². The van der Waals surface area contributed by atoms with E-state index in [-0.39, 0.29) is 6.42 Å². The molecule has 0 radical (unpaired) electrons. The van der Waals surface area contributed by atoms with Gasteiger partial charge in [0.15, 0.2) is 6.23 Å². The molecule has 0 spiro atoms. The summed E-state index contributed by atoms with van der Waals surface area (Å²) in [7, 11) is 0. The summed E-state index contributed by atoms with van der Waals surface area (Å²) >= 11 is 6.16. The number of carbonyl (C=O) groups excluding carboxylic acids is 1. The molecule has 17 heavy (non-hydrogen) atoms. The van der Waals surface area contributed by atoms with Gasteiger partial charge in [-0.25, -0.2) is 9.18 Å². The topological polar surface area (TPSA) is 61.8 Å². The average molecular weight is 265 g/mol. The molecule has 2 aliphatic rings. The summed E-state index contributed by atoms with van der Waals surface area (Å²) in [6.07, 6.45) is 2.08. The van der Waals surface area contributed by atoms with Crippen LogP contribution in [0.25, 0.3) is 0 Å². The van der Waals surface area contributed by atoms with E-state index in [1.807, 2.05) is 0 Å². The number of ether oxygens (including phenoxy) is 1. The fourth-order valence-electron chi connectivity index (χ4n) is 2.06. The molecule has 3 atom stereocenters. The molecule has 2 heterocycles. The van der Waals surface area contributed by atoms with Gasteiger partial charge in [0.1, 0.15) is 6.61 Å². The van der Waals surface area contributed by atoms with Crippen molar-refractivity contribution in [2.75, 3.05) is 13.2 Å². The van der Waals surface area contributed by atoms with E-state index in [9.17, 15) is 9.18 Å². The maximum absolute atomic E-state index is 13.9. The van der Waals surface area contributed by atoms with Gasteiger partial charge in [0.05, 0.1) is 4.87 Å². The molecule has 1 fully saturated rings. The van der Waals surface area contributed by atoms with Crippen LogP contribution < -0.4 is 5.32 Å². The summed E-state index contributed by atoms with van der Waals surface area (Å²) in [5.41, 5.74) is 0. The second-order valence-electron chi connectivity index (χ2n) is 4.44. The minimum atomic E-state index is -2.20. The lowest BCUT2D eigenvalue weighted by molar-refractivity contribution is -0.179. The molecule has 0 aromatic carbocycles. The molecule has 0 unspecified atom stereocenters. The first kappa shape index (κ1) is 12.6. The van der Waals surface area contributed by atoms with E-state index in [1.165, 1.54) is 11.1 Å². The lowest BCUT2D eigenvalue weighted by atomic mass is 10.0. The predicted molar refractivity (Wildman–Crippen MR) is 59.1 cm³/mol. The first-order chi connectivity index (χ1) is 7.88. The Morgan fingerprint density at radius 2 is 2.53 bits per heavy atom. The molecule has 0 bridgehead atoms. The Morgan fingerprint density at radius 3 is 3.06 bits per heavy atom. The maximum atomic E-state index is 13.9. The Balaban J connectivity index is 2.23. The number of alkyl halides is 2. The standard InChI is InChI=1S/C10H14ClFN2O3/c1-9(11)5-10(12,6-15)17-7(9)14-4-2-3-13-8(14)16/h2,4,7,15H,3,5-6H2,1H3,(H,13,16)/t7-,9-,10+/m1/s1. The van der Waals surface area contributed by atoms with Crippen molar-refractivity contribution in [1.29, 1.82) is 0 Å². The van der Waals surface area contributed by atoms with E-state index in [4.69, 9.17) is 21.4 Å². The smallest absolute Gasteiger partial charge is 0.323 e. The van der Waals surface area contributed by atoms with Crippen molar-refractivity contribution in [3.63, 3.8) is 0 Å². The Bertz CT molecular complexity index is 363. The summed E-state index contributed by atoms with van der Waals surface area (Å²) in [6, 6.07) is -0.397. The normalized spacial score (nSPS) is 41.8. The molecule has 96 valence electrons. The SMILES string of the molecule is C[C@@]1(Cl)C[C@@](F)(CO)O[C@H]1N1C=CCNC1=O. The van der Waals surface area contributed by atoms with Crippen molar-refractivity contribution in [2.45, 2.75) is 30.3 Å². The van der Waals surface area contributed by atoms with E-state index in [1.54, 1.807) is 13.0 Å². The van der Waals surface area contributed by atoms with E-state index in [2.05, 4.69) is 5.32 Å². The van der Waals surface area contributed by atoms with Crippen LogP contribution in [0.5, 0.6) is 0 Å². The van der Waals surface area contributed by atoms with Gasteiger partial charge in [-0.15, -0.1) is 11.6 Å². The molecular formula is C10H14ClFN2O3. The number of nitrogens with one attached hydrogen (secondary N) is 1. The van der Waals surface area contributed by atoms with Crippen molar-refractivity contribution in [3.8, 4) is 0 Å². The van der Waals surface area contributed by atoms with Crippen molar-refractivity contribution in [1.82, 2.24) is 10.2 Å². The zero-order valence-corrected chi connectivity index (χ0v) is 10.1. The fraction of sp³-hybridized carbons (Fsp3) is 0.700. The fourth-order valence-corrected chi connectivity index (χ4v) is 2.41. The quantitative estimate of drug-likeness (QED) is 0.730. The maximum Gasteiger partial charge on any atom is 0.323 e. The molecular weight excluding hydrogens is 251 g/mol. The van der Waals surface area contributed by atoms with E-state index < -0.39 is 29.6 Å². The van der Waals surface area contributed by atoms with Crippen LogP contribution in [0.4, 0.5) is 9.18 Å². The number of hydrogen-bond acceptors (Lipinski definition) is 3. The molecule has 7 heteroatoms. The third kappa shape index (κ3) is 2.25. The average Bonchev–Trinajstić information content (AvgIpc) is 2.50. The van der Waals surface area contributed by atoms with Crippen LogP contribution in [0.1, 0.15) is 13.3 Å². The highest BCUT2D eigenvalue weighted by molar-refractivity contribution is 6.24. The first-order valence-corrected chi connectivity index (χ1v) is 5.65. The van der Waals surface area contributed by atoms with Crippen molar-refractivity contribution in [3.05, 3.63) is 12.3 Å². The molecule has 2 rings (SSSR count). The Hall–Kier alpha value is -0.850. The Kier molecular flexibility index (Phi) is 3.05. The summed E-state index contributed by atoms with van der Waals surface area (Å²) in [4.78, 5) is 11.7. The van der Waals surface area contributed by atoms with Crippen molar-refractivity contribution in [2.24, 2.45) is 0 Å². The van der Waals surface area contributed by atoms with Gasteiger partial charge in [0.2, 0.25) is 5.85 Å². The largest absolute Gasteiger partial charge is 0.390 e. The van der Waals surface area contributed by atoms with Crippen LogP contribution in [0.15, 0.2) is 12.3 Å². The van der Waals surface area contributed by atoms with Gasteiger partial charge >= 0.3 is 6.03 Å². The van der Waals surface area contributed by atoms with E-state index >= 15 is 0 Å². The number of hydrogen-bond donors (Lipinski definition) is 2. The number of halogens is 2. The minimum absolute atomic E-state index is 0.180. The zero-order chi connectivity index (χ0) is 12.7. The number of amides is 2. The molecule has 2 aliphatic heterocycles. The van der Waals surface area contributed by atoms with Gasteiger partial charge in [-0.05, 0) is 13.0 Å². The van der Waals surface area contributed by atoms with Crippen LogP contribution in [0.2, 0.25) is 0 Å². The zero-order valence-electron chi connectivity index (χ0n) is 9.32. The van der Waals surface area contributed by atoms with Crippen LogP contribution >= 0.6 is 11.6 Å². The summed E-state index contributed by atoms with van der Waals surface area (Å²) in [6.45, 7) is 1.21. The summed E-state index contributed by atoms with van der Waals surface area (Å²) < 4.78 is 19.0. The number of aliphatic hydroxyl groups excluding tert-OH is 1. The third-order valence-electron chi connectivity index (χ3n) is 2.81. The second-order valence-corrected chi connectivity index (χ2v) is 5.31. The Morgan fingerprint density at radius 1 is 1.82 bits per heavy atom. The van der Waals surface area contributed by atoms with Gasteiger partial charge in [-0.1, -0.05) is 0 Å². The molecule has 2 amide bonds. The summed E-state index contributed by atoms with van der Waals surface area (Å²) in [5, 5.41) is 11.5. The third-order valence-corrected chi connectivity index (χ3v) is 3.13. The van der Waals surface area contributed by atoms with E-state index in [0.717, 1.165) is 0 Å². The molecule has 5 nitrogen and oxygen atoms in total. The molecule has 0 aromatic rings. The highest BCUT2D eigenvalue weighted by atomic mass is 35.5. The number of urea groups is 1. The highest BCUT2D eigenvalue weighted by Gasteiger charge is 2.56. The van der Waals surface area contributed by atoms with Gasteiger partial charge in [-0.2, -0.15) is 0 Å². The van der Waals surface area contributed by atoms with Crippen molar-refractivity contribution < 1.29 is 19.0 Å². The Labute approximate surface area is 103 Å². The summed E-state index contributed by atoms with van der Waals surface area (Å²) in [5.74, 6) is -2.20. The van der Waals surface area contributed by atoms with Crippen LogP contribution in [-0.4, -0.2) is 46.1 Å². The highest BCUT2D eigenvalue weighted by Crippen LogP contribution is 2.44. The number of rotatable bonds is 2. The predicted octanol–water partition coefficient (Wildman–Crippen LogP) is 0.927. The number of aliphatic hydroxyl groups is 1. The van der Waals surface area contributed by atoms with Gasteiger partial charge in [0, 0.05) is 19.2 Å². The van der Waals surface area contributed by atoms with Gasteiger partial charge in [0.25, 0.3) is 0 Å². The second kappa shape index (κ2) is 4.12. The monoisotopic (exact) mass is 264 g/mol. The minimum Gasteiger partial charge on any atom is -0.390 e. The van der Waals surface area contributed by atoms with Crippen LogP contribution in [0, 0.1) is 0 Å². The number of nitrogens with zero attached hydrogens (tertiary/aromatic N) is 1. The van der Waals surface area contributed by atoms with E-state index in [0.29, 0.717) is 6.54 Å². The lowest BCUT2D eigenvalue weighted by Gasteiger charge is -2.33. The first-order valence-electron chi connectivity index (χ1n) is 5.27. The molecule has 2 N–H and O–H groups in total. The lowest BCUT2D eigenvalue weighted by Crippen LogP contribution is -2.51. The van der Waals surface area contributed by atoms with Gasteiger partial charge in [-0.3, -0.25) is 4.90 Å². The van der Waals surface area contributed by atoms with Crippen molar-refractivity contribution >= 4 is 17.6 Å². The van der Waals surface area contributed by atoms with Crippen LogP contribution in [-0.2, 0) is 4.74 Å².